The number of rotatable bonds is 7. The molecule has 0 atom stereocenters. The minimum absolute atomic E-state index is 0.00624. The second kappa shape index (κ2) is 8.09. The molecule has 0 unspecified atom stereocenters. The van der Waals surface area contributed by atoms with Gasteiger partial charge in [-0.3, -0.25) is 0 Å². The molecule has 3 aromatic rings. The van der Waals surface area contributed by atoms with Crippen LogP contribution in [0, 0.1) is 0 Å². The SMILES string of the molecule is COC(=O)c1ccoc1COC(=O)c1oc2ccccc2c1COC(C)C. The van der Waals surface area contributed by atoms with Gasteiger partial charge in [-0.15, -0.1) is 0 Å². The predicted octanol–water partition coefficient (Wildman–Crippen LogP) is 4.09. The number of carbonyl (C=O) groups is 2. The average molecular weight is 372 g/mol. The van der Waals surface area contributed by atoms with E-state index < -0.39 is 11.9 Å². The van der Waals surface area contributed by atoms with Crippen molar-refractivity contribution < 1.29 is 32.6 Å². The lowest BCUT2D eigenvalue weighted by molar-refractivity contribution is 0.0379. The minimum Gasteiger partial charge on any atom is -0.465 e. The summed E-state index contributed by atoms with van der Waals surface area (Å²) in [4.78, 5) is 24.3. The molecule has 0 fully saturated rings. The van der Waals surface area contributed by atoms with Gasteiger partial charge in [-0.25, -0.2) is 9.59 Å². The van der Waals surface area contributed by atoms with Crippen molar-refractivity contribution in [3.05, 3.63) is 59.2 Å². The number of methoxy groups -OCH3 is 1. The summed E-state index contributed by atoms with van der Waals surface area (Å²) >= 11 is 0. The quantitative estimate of drug-likeness (QED) is 0.577. The summed E-state index contributed by atoms with van der Waals surface area (Å²) in [6.45, 7) is 3.81. The highest BCUT2D eigenvalue weighted by Crippen LogP contribution is 2.28. The monoisotopic (exact) mass is 372 g/mol. The molecule has 0 N–H and O–H groups in total. The second-order valence-electron chi connectivity index (χ2n) is 6.09. The molecular weight excluding hydrogens is 352 g/mol. The van der Waals surface area contributed by atoms with Crippen molar-refractivity contribution in [2.45, 2.75) is 33.2 Å². The van der Waals surface area contributed by atoms with E-state index >= 15 is 0 Å². The zero-order valence-corrected chi connectivity index (χ0v) is 15.3. The lowest BCUT2D eigenvalue weighted by Crippen LogP contribution is -2.10. The van der Waals surface area contributed by atoms with Gasteiger partial charge in [0, 0.05) is 10.9 Å². The van der Waals surface area contributed by atoms with Crippen LogP contribution in [-0.2, 0) is 27.4 Å². The molecule has 3 rings (SSSR count). The largest absolute Gasteiger partial charge is 0.465 e. The van der Waals surface area contributed by atoms with Crippen molar-refractivity contribution in [1.82, 2.24) is 0 Å². The fourth-order valence-corrected chi connectivity index (χ4v) is 2.60. The van der Waals surface area contributed by atoms with Crippen LogP contribution < -0.4 is 0 Å². The van der Waals surface area contributed by atoms with E-state index in [1.165, 1.54) is 19.4 Å². The number of para-hydroxylation sites is 1. The fraction of sp³-hybridized carbons (Fsp3) is 0.300. The minimum atomic E-state index is -0.666. The van der Waals surface area contributed by atoms with Crippen molar-refractivity contribution in [1.29, 1.82) is 0 Å². The first-order valence-corrected chi connectivity index (χ1v) is 8.45. The van der Waals surface area contributed by atoms with Gasteiger partial charge in [-0.05, 0) is 26.0 Å². The van der Waals surface area contributed by atoms with Gasteiger partial charge in [-0.1, -0.05) is 18.2 Å². The van der Waals surface area contributed by atoms with Gasteiger partial charge in [-0.2, -0.15) is 0 Å². The zero-order chi connectivity index (χ0) is 19.4. The van der Waals surface area contributed by atoms with E-state index in [1.807, 2.05) is 32.0 Å². The van der Waals surface area contributed by atoms with Crippen LogP contribution in [0.4, 0.5) is 0 Å². The molecule has 7 nitrogen and oxygen atoms in total. The molecule has 27 heavy (non-hydrogen) atoms. The molecular formula is C20H20O7. The van der Waals surface area contributed by atoms with E-state index in [4.69, 9.17) is 18.3 Å². The summed E-state index contributed by atoms with van der Waals surface area (Å²) in [5.74, 6) is -0.959. The third kappa shape index (κ3) is 4.03. The fourth-order valence-electron chi connectivity index (χ4n) is 2.60. The third-order valence-electron chi connectivity index (χ3n) is 3.93. The van der Waals surface area contributed by atoms with Crippen LogP contribution in [-0.4, -0.2) is 25.2 Å². The van der Waals surface area contributed by atoms with Crippen molar-refractivity contribution in [2.75, 3.05) is 7.11 Å². The van der Waals surface area contributed by atoms with Crippen molar-refractivity contribution in [2.24, 2.45) is 0 Å². The molecule has 7 heteroatoms. The number of ether oxygens (including phenoxy) is 3. The van der Waals surface area contributed by atoms with E-state index in [2.05, 4.69) is 4.74 Å². The molecule has 0 amide bonds. The van der Waals surface area contributed by atoms with E-state index in [0.29, 0.717) is 11.1 Å². The van der Waals surface area contributed by atoms with Gasteiger partial charge in [0.2, 0.25) is 5.76 Å². The number of carbonyl (C=O) groups excluding carboxylic acids is 2. The number of furan rings is 2. The molecule has 1 aromatic carbocycles. The Kier molecular flexibility index (Phi) is 5.61. The second-order valence-corrected chi connectivity index (χ2v) is 6.09. The number of hydrogen-bond acceptors (Lipinski definition) is 7. The Balaban J connectivity index is 1.82. The molecule has 2 aromatic heterocycles. The van der Waals surface area contributed by atoms with Crippen LogP contribution in [0.5, 0.6) is 0 Å². The van der Waals surface area contributed by atoms with E-state index in [1.54, 1.807) is 6.07 Å². The van der Waals surface area contributed by atoms with Crippen LogP contribution in [0.2, 0.25) is 0 Å². The highest BCUT2D eigenvalue weighted by Gasteiger charge is 2.24. The van der Waals surface area contributed by atoms with Crippen molar-refractivity contribution in [3.63, 3.8) is 0 Å². The Hall–Kier alpha value is -3.06. The molecule has 0 radical (unpaired) electrons. The van der Waals surface area contributed by atoms with Crippen LogP contribution in [0.3, 0.4) is 0 Å². The average Bonchev–Trinajstić information content (AvgIpc) is 3.28. The predicted molar refractivity (Wildman–Crippen MR) is 95.3 cm³/mol. The van der Waals surface area contributed by atoms with Gasteiger partial charge in [0.15, 0.2) is 12.4 Å². The maximum absolute atomic E-state index is 12.6. The molecule has 2 heterocycles. The van der Waals surface area contributed by atoms with Crippen molar-refractivity contribution >= 4 is 22.9 Å². The summed E-state index contributed by atoms with van der Waals surface area (Å²) in [6.07, 6.45) is 1.33. The zero-order valence-electron chi connectivity index (χ0n) is 15.3. The summed E-state index contributed by atoms with van der Waals surface area (Å²) < 4.78 is 26.5. The third-order valence-corrected chi connectivity index (χ3v) is 3.93. The lowest BCUT2D eigenvalue weighted by atomic mass is 10.1. The molecule has 0 aliphatic heterocycles. The van der Waals surface area contributed by atoms with Crippen LogP contribution >= 0.6 is 0 Å². The van der Waals surface area contributed by atoms with Gasteiger partial charge in [0.1, 0.15) is 11.1 Å². The topological polar surface area (TPSA) is 88.1 Å². The van der Waals surface area contributed by atoms with Crippen LogP contribution in [0.1, 0.15) is 46.1 Å². The first-order chi connectivity index (χ1) is 13.0. The highest BCUT2D eigenvalue weighted by molar-refractivity contribution is 5.96. The standard InChI is InChI=1S/C20H20O7/c1-12(2)25-10-15-13-6-4-5-7-16(13)27-18(15)20(22)26-11-17-14(8-9-24-17)19(21)23-3/h4-9,12H,10-11H2,1-3H3. The molecule has 0 aliphatic carbocycles. The number of esters is 2. The molecule has 0 saturated heterocycles. The molecule has 0 spiro atoms. The highest BCUT2D eigenvalue weighted by atomic mass is 16.6. The summed E-state index contributed by atoms with van der Waals surface area (Å²) in [5, 5.41) is 0.790. The van der Waals surface area contributed by atoms with E-state index in [9.17, 15) is 9.59 Å². The maximum atomic E-state index is 12.6. The normalized spacial score (nSPS) is 11.1. The summed E-state index contributed by atoms with van der Waals surface area (Å²) in [5.41, 5.74) is 1.40. The molecule has 0 bridgehead atoms. The number of fused-ring (bicyclic) bond motifs is 1. The van der Waals surface area contributed by atoms with Gasteiger partial charge < -0.3 is 23.0 Å². The Bertz CT molecular complexity index is 948. The number of benzene rings is 1. The van der Waals surface area contributed by atoms with Crippen LogP contribution in [0.25, 0.3) is 11.0 Å². The van der Waals surface area contributed by atoms with Gasteiger partial charge in [0.25, 0.3) is 0 Å². The smallest absolute Gasteiger partial charge is 0.375 e. The van der Waals surface area contributed by atoms with E-state index in [-0.39, 0.29) is 36.4 Å². The maximum Gasteiger partial charge on any atom is 0.375 e. The Labute approximate surface area is 155 Å². The summed E-state index contributed by atoms with van der Waals surface area (Å²) in [7, 11) is 1.26. The number of hydrogen-bond donors (Lipinski definition) is 0. The molecule has 142 valence electrons. The van der Waals surface area contributed by atoms with Crippen molar-refractivity contribution in [3.8, 4) is 0 Å². The Morgan fingerprint density at radius 2 is 1.85 bits per heavy atom. The lowest BCUT2D eigenvalue weighted by Gasteiger charge is -2.08. The van der Waals surface area contributed by atoms with E-state index in [0.717, 1.165) is 5.39 Å². The summed E-state index contributed by atoms with van der Waals surface area (Å²) in [6, 6.07) is 8.76. The first kappa shape index (κ1) is 18.7. The Morgan fingerprint density at radius 1 is 1.07 bits per heavy atom. The Morgan fingerprint density at radius 3 is 2.59 bits per heavy atom. The first-order valence-electron chi connectivity index (χ1n) is 8.45. The molecule has 0 saturated carbocycles. The van der Waals surface area contributed by atoms with Crippen LogP contribution in [0.15, 0.2) is 45.4 Å². The molecule has 0 aliphatic rings. The van der Waals surface area contributed by atoms with Gasteiger partial charge >= 0.3 is 11.9 Å². The van der Waals surface area contributed by atoms with Gasteiger partial charge in [0.05, 0.1) is 26.1 Å².